The van der Waals surface area contributed by atoms with Crippen LogP contribution in [-0.2, 0) is 13.0 Å². The summed E-state index contributed by atoms with van der Waals surface area (Å²) in [5.74, 6) is -0.569. The molecule has 5 nitrogen and oxygen atoms in total. The lowest BCUT2D eigenvalue weighted by Crippen LogP contribution is -2.32. The Hall–Kier alpha value is -3.54. The molecule has 0 fully saturated rings. The summed E-state index contributed by atoms with van der Waals surface area (Å²) in [6, 6.07) is 14.6. The number of hydrogen-bond acceptors (Lipinski definition) is 3. The molecule has 0 saturated carbocycles. The first kappa shape index (κ1) is 18.8. The number of benzene rings is 2. The molecule has 1 N–H and O–H groups in total. The fraction of sp³-hybridized carbons (Fsp3) is 0.174. The van der Waals surface area contributed by atoms with Crippen molar-refractivity contribution < 1.29 is 9.18 Å². The van der Waals surface area contributed by atoms with Crippen LogP contribution in [0.3, 0.4) is 0 Å². The van der Waals surface area contributed by atoms with Gasteiger partial charge >= 0.3 is 0 Å². The molecule has 146 valence electrons. The van der Waals surface area contributed by atoms with Crippen molar-refractivity contribution in [2.75, 3.05) is 6.54 Å². The predicted molar refractivity (Wildman–Crippen MR) is 111 cm³/mol. The number of pyridine rings is 1. The highest BCUT2D eigenvalue weighted by Gasteiger charge is 2.24. The molecule has 1 aliphatic heterocycles. The molecule has 5 rings (SSSR count). The van der Waals surface area contributed by atoms with E-state index in [4.69, 9.17) is 4.98 Å². The van der Waals surface area contributed by atoms with Crippen LogP contribution in [-0.4, -0.2) is 27.2 Å². The molecule has 0 saturated heterocycles. The van der Waals surface area contributed by atoms with Gasteiger partial charge in [-0.15, -0.1) is 0 Å². The molecule has 0 unspecified atom stereocenters. The van der Waals surface area contributed by atoms with Crippen LogP contribution in [0.1, 0.15) is 29.0 Å². The molecular weight excluding hydrogens is 367 g/mol. The number of hydrogen-bond donors (Lipinski definition) is 1. The minimum Gasteiger partial charge on any atom is -0.352 e. The molecule has 0 bridgehead atoms. The number of carbonyl (C=O) groups excluding carboxylic acids is 1. The number of aromatic nitrogens is 3. The van der Waals surface area contributed by atoms with Crippen molar-refractivity contribution in [1.29, 1.82) is 0 Å². The van der Waals surface area contributed by atoms with Crippen molar-refractivity contribution in [3.8, 4) is 11.3 Å². The van der Waals surface area contributed by atoms with E-state index in [0.717, 1.165) is 22.2 Å². The second-order valence-corrected chi connectivity index (χ2v) is 6.89. The molecule has 2 aromatic carbocycles. The smallest absolute Gasteiger partial charge is 0.253 e. The van der Waals surface area contributed by atoms with Crippen LogP contribution in [0.5, 0.6) is 0 Å². The second kappa shape index (κ2) is 7.47. The molecule has 1 amide bonds. The van der Waals surface area contributed by atoms with Gasteiger partial charge in [-0.05, 0) is 23.8 Å². The standard InChI is InChI=1S/C22H17FN4O.CH4/c23-16-6-7-17-18(10-16)20-19(8-9-24-22(20)28)26-21(17)15-11-25-27(13-15)12-14-4-2-1-3-5-14;/h1-7,10-11,13H,8-9,12H2,(H,24,28);1H4. The van der Waals surface area contributed by atoms with Crippen molar-refractivity contribution in [1.82, 2.24) is 20.1 Å². The minimum absolute atomic E-state index is 0. The first-order chi connectivity index (χ1) is 13.7. The van der Waals surface area contributed by atoms with Gasteiger partial charge in [0.2, 0.25) is 0 Å². The summed E-state index contributed by atoms with van der Waals surface area (Å²) in [7, 11) is 0. The monoisotopic (exact) mass is 388 g/mol. The van der Waals surface area contributed by atoms with Gasteiger partial charge in [-0.25, -0.2) is 4.39 Å². The summed E-state index contributed by atoms with van der Waals surface area (Å²) in [5, 5.41) is 8.62. The van der Waals surface area contributed by atoms with E-state index in [1.807, 2.05) is 29.1 Å². The third-order valence-corrected chi connectivity index (χ3v) is 5.01. The van der Waals surface area contributed by atoms with Crippen LogP contribution in [0.15, 0.2) is 60.9 Å². The maximum absolute atomic E-state index is 13.9. The van der Waals surface area contributed by atoms with E-state index in [0.29, 0.717) is 36.2 Å². The van der Waals surface area contributed by atoms with E-state index in [2.05, 4.69) is 22.5 Å². The molecule has 6 heteroatoms. The predicted octanol–water partition coefficient (Wildman–Crippen LogP) is 4.21. The number of amides is 1. The van der Waals surface area contributed by atoms with Crippen molar-refractivity contribution in [2.45, 2.75) is 20.4 Å². The lowest BCUT2D eigenvalue weighted by atomic mass is 9.96. The fourth-order valence-corrected chi connectivity index (χ4v) is 3.72. The Kier molecular flexibility index (Phi) is 4.84. The maximum atomic E-state index is 13.9. The lowest BCUT2D eigenvalue weighted by molar-refractivity contribution is 0.0947. The van der Waals surface area contributed by atoms with E-state index in [1.165, 1.54) is 12.1 Å². The zero-order valence-electron chi connectivity index (χ0n) is 15.0. The molecule has 4 aromatic rings. The highest BCUT2D eigenvalue weighted by molar-refractivity contribution is 6.11. The lowest BCUT2D eigenvalue weighted by Gasteiger charge is -2.19. The Morgan fingerprint density at radius 1 is 1.10 bits per heavy atom. The molecule has 1 aliphatic rings. The number of carbonyl (C=O) groups is 1. The first-order valence-electron chi connectivity index (χ1n) is 9.16. The van der Waals surface area contributed by atoms with Gasteiger partial charge in [-0.1, -0.05) is 37.8 Å². The van der Waals surface area contributed by atoms with E-state index < -0.39 is 0 Å². The number of fused-ring (bicyclic) bond motifs is 3. The van der Waals surface area contributed by atoms with Gasteiger partial charge in [-0.2, -0.15) is 5.10 Å². The third-order valence-electron chi connectivity index (χ3n) is 5.01. The SMILES string of the molecule is C.O=C1NCCc2nc(-c3cnn(Cc4ccccc4)c3)c3ccc(F)cc3c21. The molecule has 0 spiro atoms. The van der Waals surface area contributed by atoms with Gasteiger partial charge in [0, 0.05) is 35.5 Å². The van der Waals surface area contributed by atoms with Crippen LogP contribution in [0.4, 0.5) is 4.39 Å². The normalized spacial score (nSPS) is 12.9. The van der Waals surface area contributed by atoms with Crippen molar-refractivity contribution in [2.24, 2.45) is 0 Å². The maximum Gasteiger partial charge on any atom is 0.253 e. The first-order valence-corrected chi connectivity index (χ1v) is 9.16. The van der Waals surface area contributed by atoms with Crippen LogP contribution < -0.4 is 5.32 Å². The summed E-state index contributed by atoms with van der Waals surface area (Å²) in [6.07, 6.45) is 4.33. The molecular formula is C23H21FN4O. The number of halogens is 1. The number of rotatable bonds is 3. The zero-order chi connectivity index (χ0) is 19.1. The van der Waals surface area contributed by atoms with Gasteiger partial charge in [-0.3, -0.25) is 14.5 Å². The summed E-state index contributed by atoms with van der Waals surface area (Å²) < 4.78 is 15.8. The summed E-state index contributed by atoms with van der Waals surface area (Å²) in [6.45, 7) is 1.19. The molecule has 3 heterocycles. The fourth-order valence-electron chi connectivity index (χ4n) is 3.72. The molecule has 0 radical (unpaired) electrons. The van der Waals surface area contributed by atoms with Crippen molar-refractivity contribution >= 4 is 16.7 Å². The van der Waals surface area contributed by atoms with Crippen LogP contribution in [0.25, 0.3) is 22.0 Å². The van der Waals surface area contributed by atoms with Crippen molar-refractivity contribution in [3.05, 3.63) is 83.6 Å². The Balaban J connectivity index is 0.00000205. The van der Waals surface area contributed by atoms with Gasteiger partial charge in [0.1, 0.15) is 5.82 Å². The summed E-state index contributed by atoms with van der Waals surface area (Å²) in [5.41, 5.74) is 3.90. The Labute approximate surface area is 168 Å². The Morgan fingerprint density at radius 3 is 2.76 bits per heavy atom. The van der Waals surface area contributed by atoms with E-state index >= 15 is 0 Å². The van der Waals surface area contributed by atoms with Crippen molar-refractivity contribution in [3.63, 3.8) is 0 Å². The summed E-state index contributed by atoms with van der Waals surface area (Å²) >= 11 is 0. The highest BCUT2D eigenvalue weighted by atomic mass is 19.1. The molecule has 0 atom stereocenters. The Morgan fingerprint density at radius 2 is 1.93 bits per heavy atom. The topological polar surface area (TPSA) is 59.8 Å². The highest BCUT2D eigenvalue weighted by Crippen LogP contribution is 2.32. The second-order valence-electron chi connectivity index (χ2n) is 6.89. The average molecular weight is 388 g/mol. The van der Waals surface area contributed by atoms with E-state index in [1.54, 1.807) is 12.3 Å². The van der Waals surface area contributed by atoms with Gasteiger partial charge < -0.3 is 5.32 Å². The van der Waals surface area contributed by atoms with Gasteiger partial charge in [0.25, 0.3) is 5.91 Å². The van der Waals surface area contributed by atoms with E-state index in [9.17, 15) is 9.18 Å². The van der Waals surface area contributed by atoms with Crippen LogP contribution in [0, 0.1) is 5.82 Å². The summed E-state index contributed by atoms with van der Waals surface area (Å²) in [4.78, 5) is 17.2. The van der Waals surface area contributed by atoms with E-state index in [-0.39, 0.29) is 19.2 Å². The molecule has 0 aliphatic carbocycles. The molecule has 2 aromatic heterocycles. The number of nitrogens with one attached hydrogen (secondary N) is 1. The van der Waals surface area contributed by atoms with Crippen LogP contribution >= 0.6 is 0 Å². The largest absolute Gasteiger partial charge is 0.352 e. The third kappa shape index (κ3) is 3.38. The number of nitrogens with zero attached hydrogens (tertiary/aromatic N) is 3. The zero-order valence-corrected chi connectivity index (χ0v) is 15.0. The molecule has 29 heavy (non-hydrogen) atoms. The Bertz CT molecular complexity index is 1200. The quantitative estimate of drug-likeness (QED) is 0.572. The van der Waals surface area contributed by atoms with Crippen LogP contribution in [0.2, 0.25) is 0 Å². The van der Waals surface area contributed by atoms with Gasteiger partial charge in [0.05, 0.1) is 29.7 Å². The average Bonchev–Trinajstić information content (AvgIpc) is 3.16. The minimum atomic E-state index is -0.370. The van der Waals surface area contributed by atoms with Gasteiger partial charge in [0.15, 0.2) is 0 Å².